The van der Waals surface area contributed by atoms with Crippen LogP contribution in [0.5, 0.6) is 0 Å². The number of hydrogen-bond donors (Lipinski definition) is 2. The lowest BCUT2D eigenvalue weighted by atomic mass is 10.1. The summed E-state index contributed by atoms with van der Waals surface area (Å²) in [5, 5.41) is 14.3. The van der Waals surface area contributed by atoms with Gasteiger partial charge in [0.1, 0.15) is 10.7 Å². The van der Waals surface area contributed by atoms with Crippen molar-refractivity contribution in [2.24, 2.45) is 5.14 Å². The molecule has 2 aromatic heterocycles. The largest absolute Gasteiger partial charge is 0.490 e. The van der Waals surface area contributed by atoms with Gasteiger partial charge >= 0.3 is 12.1 Å². The van der Waals surface area contributed by atoms with Gasteiger partial charge in [0.15, 0.2) is 0 Å². The molecule has 206 valence electrons. The van der Waals surface area contributed by atoms with Crippen molar-refractivity contribution >= 4 is 33.0 Å². The summed E-state index contributed by atoms with van der Waals surface area (Å²) >= 11 is 1.46. The van der Waals surface area contributed by atoms with Crippen molar-refractivity contribution in [2.75, 3.05) is 25.0 Å². The molecule has 3 aromatic rings. The number of nitrogens with zero attached hydrogens (tertiary/aromatic N) is 4. The van der Waals surface area contributed by atoms with Crippen LogP contribution in [-0.4, -0.2) is 66.7 Å². The van der Waals surface area contributed by atoms with E-state index in [1.807, 2.05) is 35.5 Å². The third-order valence-electron chi connectivity index (χ3n) is 5.82. The van der Waals surface area contributed by atoms with E-state index in [4.69, 9.17) is 15.0 Å². The van der Waals surface area contributed by atoms with Gasteiger partial charge < -0.3 is 10.0 Å². The number of benzene rings is 1. The molecule has 1 atom stereocenters. The van der Waals surface area contributed by atoms with E-state index in [2.05, 4.69) is 14.9 Å². The average Bonchev–Trinajstić information content (AvgIpc) is 3.51. The molecule has 1 saturated heterocycles. The van der Waals surface area contributed by atoms with Crippen LogP contribution >= 0.6 is 11.3 Å². The summed E-state index contributed by atoms with van der Waals surface area (Å²) < 4.78 is 70.2. The van der Waals surface area contributed by atoms with Crippen LogP contribution in [0.2, 0.25) is 0 Å². The lowest BCUT2D eigenvalue weighted by molar-refractivity contribution is -0.192. The van der Waals surface area contributed by atoms with Crippen LogP contribution in [0.1, 0.15) is 23.4 Å². The van der Waals surface area contributed by atoms with Gasteiger partial charge in [-0.15, -0.1) is 11.3 Å². The Hall–Kier alpha value is -3.14. The van der Waals surface area contributed by atoms with Gasteiger partial charge in [0.25, 0.3) is 0 Å². The van der Waals surface area contributed by atoms with Gasteiger partial charge in [0.05, 0.1) is 16.9 Å². The number of nitrogens with two attached hydrogens (primary N) is 1. The minimum absolute atomic E-state index is 0.164. The molecule has 0 saturated carbocycles. The highest BCUT2D eigenvalue weighted by molar-refractivity contribution is 7.89. The minimum atomic E-state index is -5.08. The molecule has 38 heavy (non-hydrogen) atoms. The Balaban J connectivity index is 0.000000505. The Labute approximate surface area is 220 Å². The predicted molar refractivity (Wildman–Crippen MR) is 133 cm³/mol. The number of anilines is 1. The molecular formula is C23H25F4N5O4S2. The molecule has 1 aliphatic heterocycles. The first-order valence-corrected chi connectivity index (χ1v) is 13.6. The molecule has 1 aliphatic rings. The fourth-order valence-electron chi connectivity index (χ4n) is 3.98. The van der Waals surface area contributed by atoms with Crippen molar-refractivity contribution in [1.29, 1.82) is 0 Å². The number of carboxylic acids is 1. The fourth-order valence-corrected chi connectivity index (χ4v) is 5.18. The van der Waals surface area contributed by atoms with E-state index in [1.54, 1.807) is 11.7 Å². The standard InChI is InChI=1S/C21H24FN5O2S2.C2HF3O2/c1-26(18-5-7-27(12-18)11-16-4-2-3-6-24-16)20-10-19(22)21(31(23,28)29)9-15(20)8-17-13-30-14-25-17;3-2(4,5)1(6)7/h2-4,6,9-10,13-14,18H,5,7-8,11-12H2,1H3,(H2,23,28,29);(H,6,7)/t18-;/m0./s1. The third-order valence-corrected chi connectivity index (χ3v) is 7.39. The average molecular weight is 576 g/mol. The second-order valence-corrected chi connectivity index (χ2v) is 10.8. The van der Waals surface area contributed by atoms with Gasteiger partial charge in [-0.25, -0.2) is 27.7 Å². The van der Waals surface area contributed by atoms with Crippen molar-refractivity contribution in [3.05, 3.63) is 70.2 Å². The van der Waals surface area contributed by atoms with Crippen LogP contribution in [0.15, 0.2) is 52.3 Å². The number of thiazole rings is 1. The molecule has 3 heterocycles. The van der Waals surface area contributed by atoms with Gasteiger partial charge in [0, 0.05) is 56.4 Å². The first kappa shape index (κ1) is 29.4. The Bertz CT molecular complexity index is 1340. The van der Waals surface area contributed by atoms with Crippen molar-refractivity contribution in [3.8, 4) is 0 Å². The number of carbonyl (C=O) groups is 1. The number of alkyl halides is 3. The van der Waals surface area contributed by atoms with Gasteiger partial charge in [0.2, 0.25) is 10.0 Å². The van der Waals surface area contributed by atoms with Crippen molar-refractivity contribution in [3.63, 3.8) is 0 Å². The molecule has 0 amide bonds. The van der Waals surface area contributed by atoms with Gasteiger partial charge in [-0.1, -0.05) is 6.07 Å². The maximum absolute atomic E-state index is 14.7. The number of likely N-dealkylation sites (N-methyl/N-ethyl adjacent to an activating group) is 1. The highest BCUT2D eigenvalue weighted by atomic mass is 32.2. The number of hydrogen-bond acceptors (Lipinski definition) is 8. The monoisotopic (exact) mass is 575 g/mol. The van der Waals surface area contributed by atoms with Crippen LogP contribution in [0, 0.1) is 5.82 Å². The zero-order chi connectivity index (χ0) is 28.1. The molecule has 3 N–H and O–H groups in total. The molecule has 4 rings (SSSR count). The molecule has 0 spiro atoms. The molecule has 15 heteroatoms. The number of aromatic nitrogens is 2. The van der Waals surface area contributed by atoms with E-state index in [0.717, 1.165) is 37.4 Å². The number of carboxylic acid groups (broad SMARTS) is 1. The molecule has 1 aromatic carbocycles. The van der Waals surface area contributed by atoms with Gasteiger partial charge in [-0.2, -0.15) is 13.2 Å². The van der Waals surface area contributed by atoms with Crippen molar-refractivity contribution < 1.29 is 35.9 Å². The van der Waals surface area contributed by atoms with Crippen LogP contribution in [-0.2, 0) is 27.8 Å². The zero-order valence-corrected chi connectivity index (χ0v) is 21.7. The number of likely N-dealkylation sites (tertiary alicyclic amines) is 1. The fraction of sp³-hybridized carbons (Fsp3) is 0.348. The summed E-state index contributed by atoms with van der Waals surface area (Å²) in [6, 6.07) is 8.66. The zero-order valence-electron chi connectivity index (χ0n) is 20.1. The summed E-state index contributed by atoms with van der Waals surface area (Å²) in [6.07, 6.45) is -1.98. The second kappa shape index (κ2) is 12.1. The van der Waals surface area contributed by atoms with Crippen LogP contribution in [0.25, 0.3) is 0 Å². The molecule has 0 bridgehead atoms. The predicted octanol–water partition coefficient (Wildman–Crippen LogP) is 3.26. The first-order valence-electron chi connectivity index (χ1n) is 11.1. The summed E-state index contributed by atoms with van der Waals surface area (Å²) in [6.45, 7) is 2.47. The Morgan fingerprint density at radius 2 is 1.97 bits per heavy atom. The maximum atomic E-state index is 14.7. The van der Waals surface area contributed by atoms with Crippen LogP contribution < -0.4 is 10.0 Å². The lowest BCUT2D eigenvalue weighted by Gasteiger charge is -2.29. The van der Waals surface area contributed by atoms with E-state index in [9.17, 15) is 26.0 Å². The van der Waals surface area contributed by atoms with Crippen molar-refractivity contribution in [2.45, 2.75) is 36.5 Å². The number of sulfonamides is 1. The number of primary sulfonamides is 1. The molecule has 1 fully saturated rings. The normalized spacial score (nSPS) is 16.1. The topological polar surface area (TPSA) is 130 Å². The number of pyridine rings is 1. The lowest BCUT2D eigenvalue weighted by Crippen LogP contribution is -2.35. The van der Waals surface area contributed by atoms with E-state index in [1.165, 1.54) is 23.5 Å². The summed E-state index contributed by atoms with van der Waals surface area (Å²) in [4.78, 5) is 21.4. The van der Waals surface area contributed by atoms with E-state index in [0.29, 0.717) is 17.7 Å². The van der Waals surface area contributed by atoms with Crippen LogP contribution in [0.4, 0.5) is 23.2 Å². The number of rotatable bonds is 7. The molecule has 9 nitrogen and oxygen atoms in total. The summed E-state index contributed by atoms with van der Waals surface area (Å²) in [5.74, 6) is -3.60. The maximum Gasteiger partial charge on any atom is 0.490 e. The van der Waals surface area contributed by atoms with Crippen molar-refractivity contribution in [1.82, 2.24) is 14.9 Å². The Kier molecular flexibility index (Phi) is 9.40. The molecule has 0 radical (unpaired) electrons. The minimum Gasteiger partial charge on any atom is -0.475 e. The SMILES string of the molecule is CN(c1cc(F)c(S(N)(=O)=O)cc1Cc1cscn1)[C@H]1CCN(Cc2ccccn2)C1.O=C(O)C(F)(F)F. The molecule has 0 aliphatic carbocycles. The van der Waals surface area contributed by atoms with E-state index in [-0.39, 0.29) is 6.04 Å². The van der Waals surface area contributed by atoms with Gasteiger partial charge in [-0.05, 0) is 36.2 Å². The third kappa shape index (κ3) is 7.93. The van der Waals surface area contributed by atoms with E-state index < -0.39 is 32.9 Å². The summed E-state index contributed by atoms with van der Waals surface area (Å²) in [5.41, 5.74) is 4.87. The quantitative estimate of drug-likeness (QED) is 0.411. The summed E-state index contributed by atoms with van der Waals surface area (Å²) in [7, 11) is -2.24. The smallest absolute Gasteiger partial charge is 0.475 e. The number of halogens is 4. The Morgan fingerprint density at radius 1 is 1.26 bits per heavy atom. The molecular weight excluding hydrogens is 550 g/mol. The van der Waals surface area contributed by atoms with Crippen LogP contribution in [0.3, 0.4) is 0 Å². The highest BCUT2D eigenvalue weighted by Crippen LogP contribution is 2.31. The van der Waals surface area contributed by atoms with Gasteiger partial charge in [-0.3, -0.25) is 9.88 Å². The number of aliphatic carboxylic acids is 1. The highest BCUT2D eigenvalue weighted by Gasteiger charge is 2.38. The van der Waals surface area contributed by atoms with E-state index >= 15 is 0 Å². The Morgan fingerprint density at radius 3 is 2.53 bits per heavy atom. The second-order valence-electron chi connectivity index (χ2n) is 8.53. The first-order chi connectivity index (χ1) is 17.8. The molecule has 0 unspecified atom stereocenters.